The Morgan fingerprint density at radius 1 is 1.50 bits per heavy atom. The number of carbonyl (C=O) groups excluding carboxylic acids is 1. The smallest absolute Gasteiger partial charge is 0.278 e. The van der Waals surface area contributed by atoms with Crippen molar-refractivity contribution in [3.05, 3.63) is 39.9 Å². The van der Waals surface area contributed by atoms with Crippen molar-refractivity contribution >= 4 is 46.1 Å². The number of fused-ring (bicyclic) bond motifs is 1. The van der Waals surface area contributed by atoms with Crippen LogP contribution in [0.15, 0.2) is 34.5 Å². The van der Waals surface area contributed by atoms with Gasteiger partial charge in [-0.05, 0) is 31.0 Å². The molecule has 0 aliphatic carbocycles. The summed E-state index contributed by atoms with van der Waals surface area (Å²) in [4.78, 5) is 35.9. The van der Waals surface area contributed by atoms with Gasteiger partial charge in [0, 0.05) is 11.6 Å². The quantitative estimate of drug-likeness (QED) is 0.533. The lowest BCUT2D eigenvalue weighted by Crippen LogP contribution is -2.18. The number of anilines is 1. The number of carbonyl (C=O) groups is 1. The van der Waals surface area contributed by atoms with Gasteiger partial charge in [-0.15, -0.1) is 0 Å². The first-order valence-corrected chi connectivity index (χ1v) is 10.7. The molecule has 3 heterocycles. The van der Waals surface area contributed by atoms with E-state index >= 15 is 0 Å². The van der Waals surface area contributed by atoms with Gasteiger partial charge >= 0.3 is 0 Å². The fourth-order valence-corrected chi connectivity index (χ4v) is 4.27. The van der Waals surface area contributed by atoms with Crippen LogP contribution in [0.5, 0.6) is 5.75 Å². The Hall–Kier alpha value is -2.56. The highest BCUT2D eigenvalue weighted by Gasteiger charge is 2.22. The number of aromatic nitrogens is 4. The standard InChI is InChI=1S/C19H20ClN5O4S/c1-28-14-5-4-11(20)7-13(14)23-15(26)9-30-19-24-16-17(21-10-22-18(16)27)25(19)8-12-3-2-6-29-12/h4-5,7,10,12H,2-3,6,8-9H2,1H3,(H,23,26)(H,21,22,27). The molecule has 30 heavy (non-hydrogen) atoms. The predicted molar refractivity (Wildman–Crippen MR) is 114 cm³/mol. The number of imidazole rings is 1. The molecule has 1 saturated heterocycles. The summed E-state index contributed by atoms with van der Waals surface area (Å²) in [5.41, 5.74) is 0.895. The molecule has 0 saturated carbocycles. The van der Waals surface area contributed by atoms with Crippen molar-refractivity contribution in [2.75, 3.05) is 24.8 Å². The Morgan fingerprint density at radius 3 is 3.13 bits per heavy atom. The Labute approximate surface area is 181 Å². The van der Waals surface area contributed by atoms with Gasteiger partial charge in [0.05, 0.1) is 37.5 Å². The molecule has 0 spiro atoms. The number of aromatic amines is 1. The van der Waals surface area contributed by atoms with Crippen LogP contribution in [-0.4, -0.2) is 51.0 Å². The molecule has 11 heteroatoms. The van der Waals surface area contributed by atoms with E-state index in [-0.39, 0.29) is 28.8 Å². The van der Waals surface area contributed by atoms with Gasteiger partial charge in [0.15, 0.2) is 16.3 Å². The molecule has 1 aromatic carbocycles. The molecule has 4 rings (SSSR count). The van der Waals surface area contributed by atoms with Gasteiger partial charge in [-0.2, -0.15) is 0 Å². The zero-order valence-electron chi connectivity index (χ0n) is 16.2. The van der Waals surface area contributed by atoms with E-state index in [4.69, 9.17) is 21.1 Å². The van der Waals surface area contributed by atoms with Crippen molar-refractivity contribution in [3.63, 3.8) is 0 Å². The normalized spacial score (nSPS) is 16.1. The number of thioether (sulfide) groups is 1. The molecule has 1 aliphatic rings. The minimum atomic E-state index is -0.318. The molecule has 158 valence electrons. The van der Waals surface area contributed by atoms with E-state index in [2.05, 4.69) is 20.3 Å². The molecule has 1 aliphatic heterocycles. The number of nitrogens with one attached hydrogen (secondary N) is 2. The maximum atomic E-state index is 12.5. The molecule has 1 unspecified atom stereocenters. The molecular weight excluding hydrogens is 430 g/mol. The topological polar surface area (TPSA) is 111 Å². The average molecular weight is 450 g/mol. The number of ether oxygens (including phenoxy) is 2. The molecule has 3 aromatic rings. The van der Waals surface area contributed by atoms with Crippen molar-refractivity contribution in [2.45, 2.75) is 30.6 Å². The van der Waals surface area contributed by atoms with Crippen LogP contribution in [0.25, 0.3) is 11.2 Å². The molecule has 2 N–H and O–H groups in total. The minimum Gasteiger partial charge on any atom is -0.495 e. The number of H-pyrrole nitrogens is 1. The van der Waals surface area contributed by atoms with E-state index in [1.165, 1.54) is 25.2 Å². The summed E-state index contributed by atoms with van der Waals surface area (Å²) in [5, 5.41) is 3.82. The van der Waals surface area contributed by atoms with Crippen LogP contribution in [-0.2, 0) is 16.1 Å². The third-order valence-corrected chi connectivity index (χ3v) is 5.89. The number of nitrogens with zero attached hydrogens (tertiary/aromatic N) is 3. The first-order valence-electron chi connectivity index (χ1n) is 9.37. The van der Waals surface area contributed by atoms with Crippen LogP contribution in [0.3, 0.4) is 0 Å². The third-order valence-electron chi connectivity index (χ3n) is 4.68. The molecule has 9 nitrogen and oxygen atoms in total. The minimum absolute atomic E-state index is 0.0346. The molecular formula is C19H20ClN5O4S. The number of hydrogen-bond donors (Lipinski definition) is 2. The van der Waals surface area contributed by atoms with Gasteiger partial charge < -0.3 is 24.3 Å². The Bertz CT molecular complexity index is 1130. The summed E-state index contributed by atoms with van der Waals surface area (Å²) in [6.45, 7) is 1.25. The number of hydrogen-bond acceptors (Lipinski definition) is 7. The maximum Gasteiger partial charge on any atom is 0.278 e. The van der Waals surface area contributed by atoms with E-state index in [9.17, 15) is 9.59 Å². The van der Waals surface area contributed by atoms with Gasteiger partial charge in [-0.25, -0.2) is 9.97 Å². The zero-order chi connectivity index (χ0) is 21.1. The van der Waals surface area contributed by atoms with E-state index in [0.717, 1.165) is 19.4 Å². The first-order chi connectivity index (χ1) is 14.5. The third kappa shape index (κ3) is 4.45. The number of methoxy groups -OCH3 is 1. The molecule has 0 radical (unpaired) electrons. The van der Waals surface area contributed by atoms with Crippen LogP contribution in [0.4, 0.5) is 5.69 Å². The zero-order valence-corrected chi connectivity index (χ0v) is 17.8. The summed E-state index contributed by atoms with van der Waals surface area (Å²) in [6, 6.07) is 4.99. The molecule has 2 aromatic heterocycles. The molecule has 1 fully saturated rings. The fraction of sp³-hybridized carbons (Fsp3) is 0.368. The Morgan fingerprint density at radius 2 is 2.37 bits per heavy atom. The van der Waals surface area contributed by atoms with Crippen LogP contribution < -0.4 is 15.6 Å². The lowest BCUT2D eigenvalue weighted by molar-refractivity contribution is -0.113. The maximum absolute atomic E-state index is 12.5. The van der Waals surface area contributed by atoms with Gasteiger partial charge in [-0.3, -0.25) is 9.59 Å². The van der Waals surface area contributed by atoms with Gasteiger partial charge in [0.25, 0.3) is 5.56 Å². The highest BCUT2D eigenvalue weighted by molar-refractivity contribution is 7.99. The second kappa shape index (κ2) is 9.07. The van der Waals surface area contributed by atoms with E-state index in [0.29, 0.717) is 33.8 Å². The number of benzene rings is 1. The van der Waals surface area contributed by atoms with Gasteiger partial charge in [0.2, 0.25) is 5.91 Å². The second-order valence-electron chi connectivity index (χ2n) is 6.73. The van der Waals surface area contributed by atoms with Gasteiger partial charge in [-0.1, -0.05) is 23.4 Å². The lowest BCUT2D eigenvalue weighted by atomic mass is 10.2. The first kappa shape index (κ1) is 20.7. The van der Waals surface area contributed by atoms with Crippen molar-refractivity contribution < 1.29 is 14.3 Å². The van der Waals surface area contributed by atoms with Crippen LogP contribution in [0.1, 0.15) is 12.8 Å². The van der Waals surface area contributed by atoms with Crippen molar-refractivity contribution in [1.82, 2.24) is 19.5 Å². The molecule has 1 atom stereocenters. The van der Waals surface area contributed by atoms with Crippen molar-refractivity contribution in [3.8, 4) is 5.75 Å². The van der Waals surface area contributed by atoms with Crippen molar-refractivity contribution in [1.29, 1.82) is 0 Å². The average Bonchev–Trinajstić information content (AvgIpc) is 3.36. The van der Waals surface area contributed by atoms with Gasteiger partial charge in [0.1, 0.15) is 5.75 Å². The fourth-order valence-electron chi connectivity index (χ4n) is 3.29. The summed E-state index contributed by atoms with van der Waals surface area (Å²) in [6.07, 6.45) is 3.32. The van der Waals surface area contributed by atoms with Crippen LogP contribution in [0, 0.1) is 0 Å². The molecule has 0 bridgehead atoms. The summed E-state index contributed by atoms with van der Waals surface area (Å²) < 4.78 is 12.8. The summed E-state index contributed by atoms with van der Waals surface area (Å²) in [7, 11) is 1.52. The molecule has 1 amide bonds. The number of halogens is 1. The van der Waals surface area contributed by atoms with Crippen LogP contribution in [0.2, 0.25) is 5.02 Å². The number of rotatable bonds is 7. The lowest BCUT2D eigenvalue weighted by Gasteiger charge is -2.13. The highest BCUT2D eigenvalue weighted by atomic mass is 35.5. The van der Waals surface area contributed by atoms with Crippen molar-refractivity contribution in [2.24, 2.45) is 0 Å². The van der Waals surface area contributed by atoms with E-state index in [1.54, 1.807) is 18.2 Å². The number of amides is 1. The Kier molecular flexibility index (Phi) is 6.26. The largest absolute Gasteiger partial charge is 0.495 e. The Balaban J connectivity index is 1.53. The SMILES string of the molecule is COc1ccc(Cl)cc1NC(=O)CSc1nc2c(=O)[nH]cnc2n1CC1CCCO1. The predicted octanol–water partition coefficient (Wildman–Crippen LogP) is 2.69. The highest BCUT2D eigenvalue weighted by Crippen LogP contribution is 2.29. The second-order valence-corrected chi connectivity index (χ2v) is 8.10. The van der Waals surface area contributed by atoms with E-state index in [1.807, 2.05) is 4.57 Å². The van der Waals surface area contributed by atoms with E-state index < -0.39 is 0 Å². The monoisotopic (exact) mass is 449 g/mol. The van der Waals surface area contributed by atoms with Crippen LogP contribution >= 0.6 is 23.4 Å². The summed E-state index contributed by atoms with van der Waals surface area (Å²) in [5.74, 6) is 0.347. The summed E-state index contributed by atoms with van der Waals surface area (Å²) >= 11 is 7.24.